The number of hydrogen-bond acceptors (Lipinski definition) is 4. The molecule has 3 aromatic rings. The van der Waals surface area contributed by atoms with Crippen molar-refractivity contribution in [2.75, 3.05) is 26.2 Å². The van der Waals surface area contributed by atoms with Gasteiger partial charge in [-0.3, -0.25) is 14.7 Å². The van der Waals surface area contributed by atoms with Crippen LogP contribution in [0.4, 0.5) is 4.39 Å². The Bertz CT molecular complexity index is 987. The highest BCUT2D eigenvalue weighted by Gasteiger charge is 2.21. The first-order valence-electron chi connectivity index (χ1n) is 10.5. The van der Waals surface area contributed by atoms with E-state index in [9.17, 15) is 9.18 Å². The van der Waals surface area contributed by atoms with E-state index in [1.54, 1.807) is 24.5 Å². The zero-order valence-electron chi connectivity index (χ0n) is 17.4. The third-order valence-corrected chi connectivity index (χ3v) is 5.43. The average Bonchev–Trinajstić information content (AvgIpc) is 2.80. The second-order valence-corrected chi connectivity index (χ2v) is 7.76. The molecule has 0 N–H and O–H groups in total. The number of pyridine rings is 1. The third-order valence-electron chi connectivity index (χ3n) is 5.43. The lowest BCUT2D eigenvalue weighted by Gasteiger charge is -2.34. The fourth-order valence-corrected chi connectivity index (χ4v) is 3.68. The molecule has 1 amide bonds. The van der Waals surface area contributed by atoms with E-state index in [2.05, 4.69) is 16.0 Å². The molecule has 0 spiro atoms. The monoisotopic (exact) mass is 419 g/mol. The molecule has 1 aliphatic rings. The van der Waals surface area contributed by atoms with Gasteiger partial charge < -0.3 is 9.64 Å². The minimum absolute atomic E-state index is 0.156. The Morgan fingerprint density at radius 2 is 1.71 bits per heavy atom. The molecular formula is C25H26FN3O2. The van der Waals surface area contributed by atoms with Crippen molar-refractivity contribution in [3.8, 4) is 5.75 Å². The maximum absolute atomic E-state index is 13.0. The van der Waals surface area contributed by atoms with Crippen LogP contribution in [0.2, 0.25) is 0 Å². The smallest absolute Gasteiger partial charge is 0.227 e. The molecule has 6 heteroatoms. The summed E-state index contributed by atoms with van der Waals surface area (Å²) in [5.41, 5.74) is 3.05. The summed E-state index contributed by atoms with van der Waals surface area (Å²) in [5.74, 6) is 0.709. The van der Waals surface area contributed by atoms with Gasteiger partial charge in [0.05, 0.1) is 6.42 Å². The van der Waals surface area contributed by atoms with Crippen molar-refractivity contribution in [1.82, 2.24) is 14.8 Å². The number of benzene rings is 2. The van der Waals surface area contributed by atoms with Gasteiger partial charge in [0.1, 0.15) is 18.2 Å². The van der Waals surface area contributed by atoms with Gasteiger partial charge in [0.15, 0.2) is 0 Å². The quantitative estimate of drug-likeness (QED) is 0.586. The molecule has 1 aliphatic heterocycles. The van der Waals surface area contributed by atoms with Crippen LogP contribution in [0.15, 0.2) is 73.1 Å². The van der Waals surface area contributed by atoms with Crippen molar-refractivity contribution in [3.05, 3.63) is 95.6 Å². The van der Waals surface area contributed by atoms with Gasteiger partial charge in [-0.05, 0) is 47.0 Å². The topological polar surface area (TPSA) is 45.7 Å². The van der Waals surface area contributed by atoms with Crippen molar-refractivity contribution >= 4 is 5.91 Å². The molecule has 4 rings (SSSR count). The first kappa shape index (κ1) is 21.0. The van der Waals surface area contributed by atoms with Gasteiger partial charge in [-0.15, -0.1) is 0 Å². The van der Waals surface area contributed by atoms with Crippen LogP contribution in [0.3, 0.4) is 0 Å². The minimum Gasteiger partial charge on any atom is -0.489 e. The standard InChI is InChI=1S/C25H26FN3O2/c26-23-8-6-20(7-9-23)19-31-24-5-1-3-22(15-24)18-28-11-13-29(14-12-28)25(30)16-21-4-2-10-27-17-21/h1-10,15,17H,11-14,16,18-19H2. The number of halogens is 1. The molecule has 0 unspecified atom stereocenters. The van der Waals surface area contributed by atoms with Crippen LogP contribution < -0.4 is 4.74 Å². The van der Waals surface area contributed by atoms with Gasteiger partial charge in [-0.1, -0.05) is 30.3 Å². The number of amides is 1. The van der Waals surface area contributed by atoms with Crippen molar-refractivity contribution in [3.63, 3.8) is 0 Å². The summed E-state index contributed by atoms with van der Waals surface area (Å²) < 4.78 is 18.9. The second-order valence-electron chi connectivity index (χ2n) is 7.76. The lowest BCUT2D eigenvalue weighted by atomic mass is 10.1. The molecule has 0 saturated carbocycles. The molecule has 5 nitrogen and oxygen atoms in total. The summed E-state index contributed by atoms with van der Waals surface area (Å²) in [6.07, 6.45) is 3.87. The van der Waals surface area contributed by atoms with Gasteiger partial charge in [0.25, 0.3) is 0 Å². The fraction of sp³-hybridized carbons (Fsp3) is 0.280. The highest BCUT2D eigenvalue weighted by molar-refractivity contribution is 5.78. The molecule has 1 aromatic heterocycles. The third kappa shape index (κ3) is 6.12. The zero-order chi connectivity index (χ0) is 21.5. The highest BCUT2D eigenvalue weighted by Crippen LogP contribution is 2.18. The summed E-state index contributed by atoms with van der Waals surface area (Å²) in [6.45, 7) is 4.39. The zero-order valence-corrected chi connectivity index (χ0v) is 17.4. The van der Waals surface area contributed by atoms with E-state index >= 15 is 0 Å². The Morgan fingerprint density at radius 3 is 2.45 bits per heavy atom. The number of nitrogens with zero attached hydrogens (tertiary/aromatic N) is 3. The van der Waals surface area contributed by atoms with Crippen LogP contribution in [0.5, 0.6) is 5.75 Å². The van der Waals surface area contributed by atoms with E-state index in [1.165, 1.54) is 17.7 Å². The number of carbonyl (C=O) groups is 1. The van der Waals surface area contributed by atoms with E-state index in [1.807, 2.05) is 35.2 Å². The molecule has 160 valence electrons. The molecule has 0 radical (unpaired) electrons. The molecule has 0 bridgehead atoms. The maximum Gasteiger partial charge on any atom is 0.227 e. The Balaban J connectivity index is 1.25. The van der Waals surface area contributed by atoms with Crippen molar-refractivity contribution in [2.24, 2.45) is 0 Å². The first-order valence-corrected chi connectivity index (χ1v) is 10.5. The Kier molecular flexibility index (Phi) is 6.89. The van der Waals surface area contributed by atoms with E-state index in [0.29, 0.717) is 13.0 Å². The summed E-state index contributed by atoms with van der Waals surface area (Å²) in [6, 6.07) is 18.2. The van der Waals surface area contributed by atoms with Crippen LogP contribution in [-0.4, -0.2) is 46.9 Å². The number of piperazine rings is 1. The molecule has 31 heavy (non-hydrogen) atoms. The normalized spacial score (nSPS) is 14.4. The summed E-state index contributed by atoms with van der Waals surface area (Å²) >= 11 is 0. The van der Waals surface area contributed by atoms with Crippen LogP contribution >= 0.6 is 0 Å². The Hall–Kier alpha value is -3.25. The molecule has 0 aliphatic carbocycles. The summed E-state index contributed by atoms with van der Waals surface area (Å²) in [4.78, 5) is 20.9. The van der Waals surface area contributed by atoms with Crippen LogP contribution in [0, 0.1) is 5.82 Å². The van der Waals surface area contributed by atoms with Gasteiger partial charge in [0.2, 0.25) is 5.91 Å². The molecule has 2 aromatic carbocycles. The summed E-state index contributed by atoms with van der Waals surface area (Å²) in [7, 11) is 0. The van der Waals surface area contributed by atoms with Gasteiger partial charge in [0, 0.05) is 45.1 Å². The van der Waals surface area contributed by atoms with Crippen molar-refractivity contribution < 1.29 is 13.9 Å². The average molecular weight is 420 g/mol. The maximum atomic E-state index is 13.0. The van der Waals surface area contributed by atoms with Gasteiger partial charge >= 0.3 is 0 Å². The molecule has 0 atom stereocenters. The lowest BCUT2D eigenvalue weighted by molar-refractivity contribution is -0.132. The fourth-order valence-electron chi connectivity index (χ4n) is 3.68. The number of carbonyl (C=O) groups excluding carboxylic acids is 1. The summed E-state index contributed by atoms with van der Waals surface area (Å²) in [5, 5.41) is 0. The second kappa shape index (κ2) is 10.2. The number of aromatic nitrogens is 1. The predicted molar refractivity (Wildman–Crippen MR) is 117 cm³/mol. The van der Waals surface area contributed by atoms with E-state index < -0.39 is 0 Å². The molecule has 1 fully saturated rings. The molecule has 1 saturated heterocycles. The number of ether oxygens (including phenoxy) is 1. The van der Waals surface area contributed by atoms with Crippen molar-refractivity contribution in [1.29, 1.82) is 0 Å². The van der Waals surface area contributed by atoms with E-state index in [0.717, 1.165) is 49.6 Å². The van der Waals surface area contributed by atoms with Crippen LogP contribution in [-0.2, 0) is 24.4 Å². The van der Waals surface area contributed by atoms with Crippen molar-refractivity contribution in [2.45, 2.75) is 19.6 Å². The van der Waals surface area contributed by atoms with Crippen LogP contribution in [0.25, 0.3) is 0 Å². The number of rotatable bonds is 7. The SMILES string of the molecule is O=C(Cc1cccnc1)N1CCN(Cc2cccc(OCc3ccc(F)cc3)c2)CC1. The van der Waals surface area contributed by atoms with Crippen LogP contribution in [0.1, 0.15) is 16.7 Å². The highest BCUT2D eigenvalue weighted by atomic mass is 19.1. The minimum atomic E-state index is -0.246. The number of hydrogen-bond donors (Lipinski definition) is 0. The Morgan fingerprint density at radius 1 is 0.935 bits per heavy atom. The Labute approximate surface area is 182 Å². The molecule has 2 heterocycles. The van der Waals surface area contributed by atoms with Gasteiger partial charge in [-0.2, -0.15) is 0 Å². The predicted octanol–water partition coefficient (Wildman–Crippen LogP) is 3.69. The van der Waals surface area contributed by atoms with Gasteiger partial charge in [-0.25, -0.2) is 4.39 Å². The lowest BCUT2D eigenvalue weighted by Crippen LogP contribution is -2.48. The van der Waals surface area contributed by atoms with E-state index in [4.69, 9.17) is 4.74 Å². The first-order chi connectivity index (χ1) is 15.2. The molecular weight excluding hydrogens is 393 g/mol. The largest absolute Gasteiger partial charge is 0.489 e. The van der Waals surface area contributed by atoms with E-state index in [-0.39, 0.29) is 11.7 Å².